The number of anilines is 1. The molecule has 2 aliphatic heterocycles. The van der Waals surface area contributed by atoms with Crippen LogP contribution in [-0.2, 0) is 0 Å². The van der Waals surface area contributed by atoms with Crippen LogP contribution in [0, 0.1) is 0 Å². The van der Waals surface area contributed by atoms with E-state index in [1.54, 1.807) is 0 Å². The van der Waals surface area contributed by atoms with Gasteiger partial charge in [-0.25, -0.2) is 0 Å². The summed E-state index contributed by atoms with van der Waals surface area (Å²) < 4.78 is 11.3. The van der Waals surface area contributed by atoms with Gasteiger partial charge in [0.05, 0.1) is 19.8 Å². The van der Waals surface area contributed by atoms with Crippen LogP contribution in [0.3, 0.4) is 0 Å². The van der Waals surface area contributed by atoms with Gasteiger partial charge in [0.25, 0.3) is 0 Å². The first kappa shape index (κ1) is 20.1. The van der Waals surface area contributed by atoms with Gasteiger partial charge >= 0.3 is 0 Å². The molecule has 6 nitrogen and oxygen atoms in total. The highest BCUT2D eigenvalue weighted by molar-refractivity contribution is 14.0. The van der Waals surface area contributed by atoms with Crippen LogP contribution in [0.1, 0.15) is 32.6 Å². The lowest BCUT2D eigenvalue weighted by molar-refractivity contribution is 0.242. The molecule has 25 heavy (non-hydrogen) atoms. The number of hydrogen-bond acceptors (Lipinski definition) is 4. The van der Waals surface area contributed by atoms with E-state index in [1.165, 1.54) is 25.9 Å². The number of ether oxygens (including phenoxy) is 2. The molecule has 0 aliphatic carbocycles. The van der Waals surface area contributed by atoms with Gasteiger partial charge in [-0.2, -0.15) is 0 Å². The molecule has 0 bridgehead atoms. The van der Waals surface area contributed by atoms with Crippen molar-refractivity contribution in [2.45, 2.75) is 38.6 Å². The topological polar surface area (TPSA) is 72.1 Å². The van der Waals surface area contributed by atoms with Crippen molar-refractivity contribution in [1.82, 2.24) is 4.90 Å². The molecule has 2 heterocycles. The summed E-state index contributed by atoms with van der Waals surface area (Å²) >= 11 is 0. The normalized spacial score (nSPS) is 19.0. The van der Waals surface area contributed by atoms with E-state index in [-0.39, 0.29) is 24.0 Å². The number of halogens is 1. The smallest absolute Gasteiger partial charge is 0.193 e. The lowest BCUT2D eigenvalue weighted by Crippen LogP contribution is -2.35. The van der Waals surface area contributed by atoms with Crippen LogP contribution in [0.2, 0.25) is 0 Å². The van der Waals surface area contributed by atoms with Gasteiger partial charge in [0.15, 0.2) is 17.5 Å². The molecular weight excluding hydrogens is 431 g/mol. The minimum absolute atomic E-state index is 0. The molecule has 3 N–H and O–H groups in total. The average Bonchev–Trinajstić information content (AvgIpc) is 3.01. The Hall–Kier alpha value is -1.22. The minimum atomic E-state index is 0. The number of nitrogens with zero attached hydrogens (tertiary/aromatic N) is 2. The van der Waals surface area contributed by atoms with E-state index in [1.807, 2.05) is 18.2 Å². The van der Waals surface area contributed by atoms with E-state index < -0.39 is 0 Å². The zero-order chi connectivity index (χ0) is 16.8. The molecular formula is C18H29IN4O2. The first-order valence-corrected chi connectivity index (χ1v) is 8.97. The molecule has 1 aromatic rings. The van der Waals surface area contributed by atoms with Crippen molar-refractivity contribution in [2.24, 2.45) is 10.7 Å². The summed E-state index contributed by atoms with van der Waals surface area (Å²) in [6, 6.07) is 6.25. The number of rotatable bonds is 5. The minimum Gasteiger partial charge on any atom is -0.490 e. The first-order valence-electron chi connectivity index (χ1n) is 8.97. The Kier molecular flexibility index (Phi) is 8.08. The second kappa shape index (κ2) is 10.1. The summed E-state index contributed by atoms with van der Waals surface area (Å²) in [5.74, 6) is 1.99. The number of aliphatic imine (C=N–C) groups is 1. The van der Waals surface area contributed by atoms with Gasteiger partial charge in [-0.15, -0.1) is 24.0 Å². The maximum absolute atomic E-state index is 6.06. The number of hydrogen-bond donors (Lipinski definition) is 2. The molecule has 0 saturated carbocycles. The number of nitrogens with two attached hydrogens (primary N) is 1. The zero-order valence-electron chi connectivity index (χ0n) is 14.9. The molecule has 0 amide bonds. The fourth-order valence-electron chi connectivity index (χ4n) is 3.24. The highest BCUT2D eigenvalue weighted by atomic mass is 127. The lowest BCUT2D eigenvalue weighted by Gasteiger charge is -2.24. The quantitative estimate of drug-likeness (QED) is 0.402. The zero-order valence-corrected chi connectivity index (χ0v) is 17.2. The molecule has 0 spiro atoms. The van der Waals surface area contributed by atoms with Gasteiger partial charge in [-0.1, -0.05) is 6.92 Å². The Morgan fingerprint density at radius 2 is 1.92 bits per heavy atom. The molecule has 1 saturated heterocycles. The van der Waals surface area contributed by atoms with E-state index in [9.17, 15) is 0 Å². The third kappa shape index (κ3) is 5.64. The Labute approximate surface area is 167 Å². The van der Waals surface area contributed by atoms with Crippen molar-refractivity contribution in [3.05, 3.63) is 18.2 Å². The highest BCUT2D eigenvalue weighted by Crippen LogP contribution is 2.32. The van der Waals surface area contributed by atoms with Gasteiger partial charge in [0, 0.05) is 24.2 Å². The third-order valence-corrected chi connectivity index (χ3v) is 4.62. The Balaban J connectivity index is 0.00000225. The largest absolute Gasteiger partial charge is 0.490 e. The Morgan fingerprint density at radius 3 is 2.64 bits per heavy atom. The van der Waals surface area contributed by atoms with Crippen LogP contribution >= 0.6 is 24.0 Å². The molecule has 1 aromatic carbocycles. The van der Waals surface area contributed by atoms with Crippen molar-refractivity contribution in [3.63, 3.8) is 0 Å². The monoisotopic (exact) mass is 460 g/mol. The predicted octanol–water partition coefficient (Wildman–Crippen LogP) is 3.07. The Morgan fingerprint density at radius 1 is 1.20 bits per heavy atom. The Bertz CT molecular complexity index is 576. The summed E-state index contributed by atoms with van der Waals surface area (Å²) in [5, 5.41) is 3.16. The van der Waals surface area contributed by atoms with Crippen molar-refractivity contribution in [2.75, 3.05) is 38.2 Å². The van der Waals surface area contributed by atoms with Crippen LogP contribution in [0.5, 0.6) is 11.5 Å². The second-order valence-electron chi connectivity index (χ2n) is 6.37. The summed E-state index contributed by atoms with van der Waals surface area (Å²) in [6.45, 7) is 6.69. The van der Waals surface area contributed by atoms with Crippen molar-refractivity contribution < 1.29 is 9.47 Å². The van der Waals surface area contributed by atoms with E-state index in [4.69, 9.17) is 15.2 Å². The van der Waals surface area contributed by atoms with Crippen LogP contribution in [0.4, 0.5) is 5.69 Å². The van der Waals surface area contributed by atoms with Crippen LogP contribution in [0.15, 0.2) is 23.2 Å². The molecule has 0 aromatic heterocycles. The highest BCUT2D eigenvalue weighted by Gasteiger charge is 2.20. The molecule has 140 valence electrons. The SMILES string of the molecule is CCC(CN=C(N)Nc1ccc2c(c1)OCCCO2)N1CCCC1.I. The summed E-state index contributed by atoms with van der Waals surface area (Å²) in [7, 11) is 0. The van der Waals surface area contributed by atoms with Gasteiger partial charge in [0.2, 0.25) is 0 Å². The number of guanidine groups is 1. The van der Waals surface area contributed by atoms with E-state index in [2.05, 4.69) is 22.1 Å². The number of benzene rings is 1. The molecule has 1 unspecified atom stereocenters. The molecule has 0 radical (unpaired) electrons. The number of likely N-dealkylation sites (tertiary alicyclic amines) is 1. The first-order chi connectivity index (χ1) is 11.8. The van der Waals surface area contributed by atoms with E-state index >= 15 is 0 Å². The van der Waals surface area contributed by atoms with Gasteiger partial charge in [0.1, 0.15) is 0 Å². The fourth-order valence-corrected chi connectivity index (χ4v) is 3.24. The van der Waals surface area contributed by atoms with Crippen LogP contribution in [-0.4, -0.2) is 49.7 Å². The van der Waals surface area contributed by atoms with Crippen molar-refractivity contribution >= 4 is 35.6 Å². The van der Waals surface area contributed by atoms with Crippen LogP contribution in [0.25, 0.3) is 0 Å². The molecule has 1 atom stereocenters. The van der Waals surface area contributed by atoms with E-state index in [0.717, 1.165) is 36.6 Å². The lowest BCUT2D eigenvalue weighted by atomic mass is 10.2. The van der Waals surface area contributed by atoms with Crippen LogP contribution < -0.4 is 20.5 Å². The fraction of sp³-hybridized carbons (Fsp3) is 0.611. The number of fused-ring (bicyclic) bond motifs is 1. The molecule has 3 rings (SSSR count). The maximum atomic E-state index is 6.06. The maximum Gasteiger partial charge on any atom is 0.193 e. The molecule has 1 fully saturated rings. The third-order valence-electron chi connectivity index (χ3n) is 4.62. The second-order valence-corrected chi connectivity index (χ2v) is 6.37. The standard InChI is InChI=1S/C18H28N4O2.HI/c1-2-15(22-8-3-4-9-22)13-20-18(19)21-14-6-7-16-17(12-14)24-11-5-10-23-16;/h6-7,12,15H,2-5,8-11,13H2,1H3,(H3,19,20,21);1H. The van der Waals surface area contributed by atoms with E-state index in [0.29, 0.717) is 25.2 Å². The average molecular weight is 460 g/mol. The summed E-state index contributed by atoms with van der Waals surface area (Å²) in [5.41, 5.74) is 6.93. The van der Waals surface area contributed by atoms with Gasteiger partial charge < -0.3 is 20.5 Å². The van der Waals surface area contributed by atoms with Crippen molar-refractivity contribution in [1.29, 1.82) is 0 Å². The molecule has 7 heteroatoms. The van der Waals surface area contributed by atoms with Crippen molar-refractivity contribution in [3.8, 4) is 11.5 Å². The van der Waals surface area contributed by atoms with Gasteiger partial charge in [-0.05, 0) is 44.5 Å². The number of nitrogens with one attached hydrogen (secondary N) is 1. The summed E-state index contributed by atoms with van der Waals surface area (Å²) in [4.78, 5) is 7.05. The van der Waals surface area contributed by atoms with Gasteiger partial charge in [-0.3, -0.25) is 9.89 Å². The predicted molar refractivity (Wildman–Crippen MR) is 112 cm³/mol. The molecule has 2 aliphatic rings. The summed E-state index contributed by atoms with van der Waals surface area (Å²) in [6.07, 6.45) is 4.59.